The van der Waals surface area contributed by atoms with Crippen LogP contribution < -0.4 is 5.32 Å². The summed E-state index contributed by atoms with van der Waals surface area (Å²) in [5, 5.41) is 2.79. The van der Waals surface area contributed by atoms with Crippen LogP contribution in [0.5, 0.6) is 0 Å². The summed E-state index contributed by atoms with van der Waals surface area (Å²) in [6, 6.07) is 6.50. The van der Waals surface area contributed by atoms with Gasteiger partial charge in [-0.15, -0.1) is 0 Å². The molecule has 0 radical (unpaired) electrons. The van der Waals surface area contributed by atoms with E-state index in [2.05, 4.69) is 10.3 Å². The molecule has 1 N–H and O–H groups in total. The molecular weight excluding hydrogens is 334 g/mol. The number of hydrogen-bond donors (Lipinski definition) is 1. The van der Waals surface area contributed by atoms with Gasteiger partial charge in [0.25, 0.3) is 11.8 Å². The molecule has 0 spiro atoms. The van der Waals surface area contributed by atoms with Crippen molar-refractivity contribution in [3.8, 4) is 0 Å². The molecule has 0 aliphatic carbocycles. The standard InChI is InChI=1S/C19H19N3O4/c1-3-26-17(24)13-7-6-8-14(11-13)20-18(25)19(2)12-16(23)21-15-9-4-5-10-22(15)19/h4-11H,3,12H2,1-2H3,(H,20,25). The van der Waals surface area contributed by atoms with E-state index in [4.69, 9.17) is 4.74 Å². The Kier molecular flexibility index (Phi) is 4.71. The molecule has 2 heterocycles. The van der Waals surface area contributed by atoms with E-state index in [1.807, 2.05) is 0 Å². The van der Waals surface area contributed by atoms with E-state index in [0.717, 1.165) is 0 Å². The van der Waals surface area contributed by atoms with Crippen LogP contribution in [-0.2, 0) is 14.3 Å². The zero-order valence-corrected chi connectivity index (χ0v) is 14.6. The first-order valence-electron chi connectivity index (χ1n) is 8.28. The van der Waals surface area contributed by atoms with E-state index in [1.54, 1.807) is 67.4 Å². The molecule has 2 aliphatic heterocycles. The van der Waals surface area contributed by atoms with Gasteiger partial charge in [-0.05, 0) is 44.2 Å². The van der Waals surface area contributed by atoms with Crippen LogP contribution in [-0.4, -0.2) is 40.7 Å². The van der Waals surface area contributed by atoms with Gasteiger partial charge in [-0.25, -0.2) is 4.79 Å². The molecule has 3 rings (SSSR count). The Balaban J connectivity index is 1.84. The quantitative estimate of drug-likeness (QED) is 0.839. The summed E-state index contributed by atoms with van der Waals surface area (Å²) in [5.74, 6) is -0.740. The zero-order valence-electron chi connectivity index (χ0n) is 14.6. The molecule has 0 saturated heterocycles. The lowest BCUT2D eigenvalue weighted by Gasteiger charge is -2.41. The molecule has 1 atom stereocenters. The summed E-state index contributed by atoms with van der Waals surface area (Å²) >= 11 is 0. The molecule has 1 unspecified atom stereocenters. The van der Waals surface area contributed by atoms with Crippen LogP contribution in [0.2, 0.25) is 0 Å². The molecule has 0 fully saturated rings. The number of carbonyl (C=O) groups is 3. The van der Waals surface area contributed by atoms with Crippen LogP contribution in [0.4, 0.5) is 5.69 Å². The average molecular weight is 353 g/mol. The second-order valence-corrected chi connectivity index (χ2v) is 6.14. The third kappa shape index (κ3) is 3.28. The Hall–Kier alpha value is -3.22. The van der Waals surface area contributed by atoms with Crippen LogP contribution >= 0.6 is 0 Å². The minimum atomic E-state index is -1.12. The number of anilines is 1. The van der Waals surface area contributed by atoms with Gasteiger partial charge in [0, 0.05) is 11.9 Å². The van der Waals surface area contributed by atoms with Gasteiger partial charge in [-0.1, -0.05) is 12.1 Å². The third-order valence-corrected chi connectivity index (χ3v) is 4.23. The van der Waals surface area contributed by atoms with Crippen LogP contribution in [0.1, 0.15) is 30.6 Å². The van der Waals surface area contributed by atoms with Crippen molar-refractivity contribution in [3.05, 3.63) is 54.3 Å². The highest BCUT2D eigenvalue weighted by Gasteiger charge is 2.45. The van der Waals surface area contributed by atoms with Gasteiger partial charge in [0.15, 0.2) is 0 Å². The third-order valence-electron chi connectivity index (χ3n) is 4.23. The van der Waals surface area contributed by atoms with Crippen molar-refractivity contribution in [1.29, 1.82) is 0 Å². The maximum absolute atomic E-state index is 13.0. The molecule has 2 amide bonds. The number of esters is 1. The van der Waals surface area contributed by atoms with Crippen LogP contribution in [0.15, 0.2) is 53.7 Å². The number of rotatable bonds is 4. The summed E-state index contributed by atoms with van der Waals surface area (Å²) < 4.78 is 4.97. The SMILES string of the molecule is CCOC(=O)c1cccc(NC(=O)C2(C)CC(=O)N=C3C=CC=CN32)c1. The zero-order chi connectivity index (χ0) is 18.7. The number of hydrogen-bond acceptors (Lipinski definition) is 5. The van der Waals surface area contributed by atoms with Gasteiger partial charge in [-0.3, -0.25) is 9.59 Å². The molecule has 0 aromatic heterocycles. The summed E-state index contributed by atoms with van der Waals surface area (Å²) in [6.45, 7) is 3.68. The fourth-order valence-electron chi connectivity index (χ4n) is 2.88. The van der Waals surface area contributed by atoms with Crippen molar-refractivity contribution < 1.29 is 19.1 Å². The Bertz CT molecular complexity index is 856. The molecule has 7 nitrogen and oxygen atoms in total. The highest BCUT2D eigenvalue weighted by atomic mass is 16.5. The lowest BCUT2D eigenvalue weighted by Crippen LogP contribution is -2.58. The number of fused-ring (bicyclic) bond motifs is 1. The summed E-state index contributed by atoms with van der Waals surface area (Å²) in [7, 11) is 0. The van der Waals surface area contributed by atoms with Crippen molar-refractivity contribution >= 4 is 29.3 Å². The van der Waals surface area contributed by atoms with Crippen LogP contribution in [0.3, 0.4) is 0 Å². The van der Waals surface area contributed by atoms with Gasteiger partial charge >= 0.3 is 5.97 Å². The first kappa shape index (κ1) is 17.6. The average Bonchev–Trinajstić information content (AvgIpc) is 2.62. The summed E-state index contributed by atoms with van der Waals surface area (Å²) in [6.07, 6.45) is 6.90. The molecule has 2 aliphatic rings. The molecule has 1 aromatic carbocycles. The molecule has 0 bridgehead atoms. The molecule has 7 heteroatoms. The minimum absolute atomic E-state index is 0.0436. The normalized spacial score (nSPS) is 21.1. The maximum atomic E-state index is 13.0. The van der Waals surface area contributed by atoms with E-state index < -0.39 is 11.5 Å². The number of aliphatic imine (C=N–C) groups is 1. The number of amides is 2. The van der Waals surface area contributed by atoms with E-state index >= 15 is 0 Å². The first-order valence-corrected chi connectivity index (χ1v) is 8.28. The van der Waals surface area contributed by atoms with E-state index in [-0.39, 0.29) is 24.8 Å². The summed E-state index contributed by atoms with van der Waals surface area (Å²) in [5.41, 5.74) is -0.317. The lowest BCUT2D eigenvalue weighted by atomic mass is 9.91. The molecular formula is C19H19N3O4. The monoisotopic (exact) mass is 353 g/mol. The highest BCUT2D eigenvalue weighted by molar-refractivity contribution is 6.12. The molecule has 0 saturated carbocycles. The number of amidine groups is 1. The predicted octanol–water partition coefficient (Wildman–Crippen LogP) is 2.27. The number of carbonyl (C=O) groups excluding carboxylic acids is 3. The predicted molar refractivity (Wildman–Crippen MR) is 96.6 cm³/mol. The van der Waals surface area contributed by atoms with Gasteiger partial charge in [0.1, 0.15) is 11.4 Å². The number of ether oxygens (including phenoxy) is 1. The van der Waals surface area contributed by atoms with Crippen molar-refractivity contribution in [3.63, 3.8) is 0 Å². The van der Waals surface area contributed by atoms with Crippen molar-refractivity contribution in [2.45, 2.75) is 25.8 Å². The molecule has 26 heavy (non-hydrogen) atoms. The second kappa shape index (κ2) is 6.95. The Morgan fingerprint density at radius 1 is 1.35 bits per heavy atom. The van der Waals surface area contributed by atoms with E-state index in [9.17, 15) is 14.4 Å². The van der Waals surface area contributed by atoms with Crippen molar-refractivity contribution in [2.75, 3.05) is 11.9 Å². The fourth-order valence-corrected chi connectivity index (χ4v) is 2.88. The number of nitrogens with zero attached hydrogens (tertiary/aromatic N) is 2. The Morgan fingerprint density at radius 2 is 2.15 bits per heavy atom. The van der Waals surface area contributed by atoms with Crippen molar-refractivity contribution in [1.82, 2.24) is 4.90 Å². The lowest BCUT2D eigenvalue weighted by molar-refractivity contribution is -0.130. The highest BCUT2D eigenvalue weighted by Crippen LogP contribution is 2.29. The number of allylic oxidation sites excluding steroid dienone is 2. The number of benzene rings is 1. The molecule has 134 valence electrons. The summed E-state index contributed by atoms with van der Waals surface area (Å²) in [4.78, 5) is 42.5. The first-order chi connectivity index (χ1) is 12.4. The van der Waals surface area contributed by atoms with Gasteiger partial charge in [0.05, 0.1) is 18.6 Å². The van der Waals surface area contributed by atoms with Gasteiger partial charge in [-0.2, -0.15) is 4.99 Å². The van der Waals surface area contributed by atoms with Gasteiger partial charge < -0.3 is 15.0 Å². The smallest absolute Gasteiger partial charge is 0.338 e. The Labute approximate surface area is 151 Å². The maximum Gasteiger partial charge on any atom is 0.338 e. The van der Waals surface area contributed by atoms with Crippen molar-refractivity contribution in [2.24, 2.45) is 4.99 Å². The fraction of sp³-hybridized carbons (Fsp3) is 0.263. The van der Waals surface area contributed by atoms with Crippen LogP contribution in [0, 0.1) is 0 Å². The number of nitrogens with one attached hydrogen (secondary N) is 1. The Morgan fingerprint density at radius 3 is 2.92 bits per heavy atom. The van der Waals surface area contributed by atoms with E-state index in [0.29, 0.717) is 17.1 Å². The topological polar surface area (TPSA) is 88.1 Å². The second-order valence-electron chi connectivity index (χ2n) is 6.14. The van der Waals surface area contributed by atoms with E-state index in [1.165, 1.54) is 0 Å². The largest absolute Gasteiger partial charge is 0.462 e. The minimum Gasteiger partial charge on any atom is -0.462 e. The van der Waals surface area contributed by atoms with Gasteiger partial charge in [0.2, 0.25) is 0 Å². The van der Waals surface area contributed by atoms with Crippen LogP contribution in [0.25, 0.3) is 0 Å². The molecule has 1 aromatic rings.